The summed E-state index contributed by atoms with van der Waals surface area (Å²) in [5, 5.41) is 0. The Bertz CT molecular complexity index is 432. The molecule has 14 heavy (non-hydrogen) atoms. The molecular formula is C13H9O. The van der Waals surface area contributed by atoms with E-state index in [9.17, 15) is 4.79 Å². The highest BCUT2D eigenvalue weighted by atomic mass is 16.1. The van der Waals surface area contributed by atoms with Crippen LogP contribution >= 0.6 is 0 Å². The standard InChI is InChI=1S/C13H9O/c14-10-12-8-4-5-9-13(12)11-6-2-1-3-7-11/h1-9H. The van der Waals surface area contributed by atoms with Crippen molar-refractivity contribution < 1.29 is 4.79 Å². The summed E-state index contributed by atoms with van der Waals surface area (Å²) in [5.74, 6) is 0. The zero-order valence-electron chi connectivity index (χ0n) is 7.60. The summed E-state index contributed by atoms with van der Waals surface area (Å²) in [5.41, 5.74) is 2.59. The lowest BCUT2D eigenvalue weighted by atomic mass is 10.0. The number of hydrogen-bond donors (Lipinski definition) is 0. The normalized spacial score (nSPS) is 9.71. The van der Waals surface area contributed by atoms with Crippen LogP contribution in [0.15, 0.2) is 54.6 Å². The van der Waals surface area contributed by atoms with Crippen LogP contribution in [0, 0.1) is 0 Å². The largest absolute Gasteiger partial charge is 0.285 e. The van der Waals surface area contributed by atoms with Gasteiger partial charge in [0.15, 0.2) is 0 Å². The van der Waals surface area contributed by atoms with E-state index in [0.29, 0.717) is 5.56 Å². The molecule has 1 nitrogen and oxygen atoms in total. The molecule has 0 fully saturated rings. The van der Waals surface area contributed by atoms with Crippen molar-refractivity contribution in [1.82, 2.24) is 0 Å². The summed E-state index contributed by atoms with van der Waals surface area (Å²) in [6.07, 6.45) is 1.94. The molecular weight excluding hydrogens is 172 g/mol. The maximum absolute atomic E-state index is 10.7. The van der Waals surface area contributed by atoms with Gasteiger partial charge in [-0.25, -0.2) is 0 Å². The first-order valence-corrected chi connectivity index (χ1v) is 4.44. The van der Waals surface area contributed by atoms with Crippen LogP contribution in [-0.4, -0.2) is 6.29 Å². The molecule has 2 rings (SSSR count). The van der Waals surface area contributed by atoms with Crippen LogP contribution in [0.2, 0.25) is 0 Å². The molecule has 0 aliphatic rings. The van der Waals surface area contributed by atoms with Gasteiger partial charge in [-0.3, -0.25) is 4.79 Å². The summed E-state index contributed by atoms with van der Waals surface area (Å²) >= 11 is 0. The van der Waals surface area contributed by atoms with Gasteiger partial charge in [-0.2, -0.15) is 0 Å². The summed E-state index contributed by atoms with van der Waals surface area (Å²) in [4.78, 5) is 10.7. The number of carbonyl (C=O) groups excluding carboxylic acids is 1. The molecule has 0 spiro atoms. The third kappa shape index (κ3) is 1.57. The van der Waals surface area contributed by atoms with E-state index in [4.69, 9.17) is 0 Å². The van der Waals surface area contributed by atoms with E-state index in [1.54, 1.807) is 6.07 Å². The minimum Gasteiger partial charge on any atom is -0.285 e. The molecule has 0 saturated carbocycles. The fourth-order valence-electron chi connectivity index (χ4n) is 1.44. The monoisotopic (exact) mass is 181 g/mol. The molecule has 0 saturated heterocycles. The Morgan fingerprint density at radius 1 is 0.786 bits per heavy atom. The molecule has 0 unspecified atom stereocenters. The van der Waals surface area contributed by atoms with E-state index in [1.807, 2.05) is 54.8 Å². The lowest BCUT2D eigenvalue weighted by molar-refractivity contribution is 0.563. The maximum Gasteiger partial charge on any atom is 0.234 e. The Morgan fingerprint density at radius 2 is 1.43 bits per heavy atom. The Hall–Kier alpha value is -1.89. The van der Waals surface area contributed by atoms with E-state index in [-0.39, 0.29) is 0 Å². The first kappa shape index (κ1) is 8.70. The number of benzene rings is 2. The molecule has 0 aliphatic heterocycles. The second-order valence-electron chi connectivity index (χ2n) is 3.01. The average molecular weight is 181 g/mol. The van der Waals surface area contributed by atoms with Gasteiger partial charge in [0.2, 0.25) is 6.29 Å². The van der Waals surface area contributed by atoms with Crippen LogP contribution in [-0.2, 0) is 4.79 Å². The van der Waals surface area contributed by atoms with Crippen LogP contribution in [0.4, 0.5) is 0 Å². The molecule has 0 atom stereocenters. The second-order valence-corrected chi connectivity index (χ2v) is 3.01. The zero-order valence-corrected chi connectivity index (χ0v) is 7.60. The molecule has 1 radical (unpaired) electrons. The van der Waals surface area contributed by atoms with Crippen molar-refractivity contribution in [1.29, 1.82) is 0 Å². The first-order chi connectivity index (χ1) is 6.92. The van der Waals surface area contributed by atoms with Crippen molar-refractivity contribution in [3.05, 3.63) is 60.2 Å². The Morgan fingerprint density at radius 3 is 2.14 bits per heavy atom. The van der Waals surface area contributed by atoms with Crippen molar-refractivity contribution in [3.63, 3.8) is 0 Å². The fourth-order valence-corrected chi connectivity index (χ4v) is 1.44. The summed E-state index contributed by atoms with van der Waals surface area (Å²) < 4.78 is 0. The number of hydrogen-bond acceptors (Lipinski definition) is 1. The van der Waals surface area contributed by atoms with Crippen LogP contribution in [0.25, 0.3) is 11.1 Å². The molecule has 0 aliphatic carbocycles. The van der Waals surface area contributed by atoms with Crippen LogP contribution < -0.4 is 0 Å². The second kappa shape index (κ2) is 3.88. The molecule has 67 valence electrons. The minimum absolute atomic E-state index is 0.610. The Balaban J connectivity index is 2.57. The van der Waals surface area contributed by atoms with E-state index in [1.165, 1.54) is 0 Å². The Kier molecular flexibility index (Phi) is 2.41. The van der Waals surface area contributed by atoms with Crippen molar-refractivity contribution in [2.45, 2.75) is 0 Å². The molecule has 0 aromatic heterocycles. The van der Waals surface area contributed by atoms with Crippen LogP contribution in [0.3, 0.4) is 0 Å². The van der Waals surface area contributed by atoms with E-state index < -0.39 is 0 Å². The predicted octanol–water partition coefficient (Wildman–Crippen LogP) is 2.81. The first-order valence-electron chi connectivity index (χ1n) is 4.44. The SMILES string of the molecule is O=[C]c1ccccc1-c1ccccc1. The third-order valence-corrected chi connectivity index (χ3v) is 2.12. The van der Waals surface area contributed by atoms with Crippen LogP contribution in [0.5, 0.6) is 0 Å². The van der Waals surface area contributed by atoms with Crippen molar-refractivity contribution in [2.75, 3.05) is 0 Å². The topological polar surface area (TPSA) is 17.1 Å². The van der Waals surface area contributed by atoms with Gasteiger partial charge in [-0.05, 0) is 11.1 Å². The molecule has 2 aromatic rings. The molecule has 1 heteroatoms. The smallest absolute Gasteiger partial charge is 0.234 e. The summed E-state index contributed by atoms with van der Waals surface area (Å²) in [7, 11) is 0. The summed E-state index contributed by atoms with van der Waals surface area (Å²) in [6.45, 7) is 0. The van der Waals surface area contributed by atoms with E-state index in [0.717, 1.165) is 11.1 Å². The van der Waals surface area contributed by atoms with Crippen LogP contribution in [0.1, 0.15) is 5.56 Å². The highest BCUT2D eigenvalue weighted by molar-refractivity contribution is 5.87. The van der Waals surface area contributed by atoms with Crippen molar-refractivity contribution >= 4 is 6.29 Å². The van der Waals surface area contributed by atoms with Gasteiger partial charge < -0.3 is 0 Å². The van der Waals surface area contributed by atoms with Gasteiger partial charge in [-0.15, -0.1) is 0 Å². The molecule has 0 N–H and O–H groups in total. The van der Waals surface area contributed by atoms with Crippen molar-refractivity contribution in [3.8, 4) is 11.1 Å². The fraction of sp³-hybridized carbons (Fsp3) is 0. The zero-order chi connectivity index (χ0) is 9.80. The average Bonchev–Trinajstić information content (AvgIpc) is 2.30. The Labute approximate surface area is 83.0 Å². The van der Waals surface area contributed by atoms with Gasteiger partial charge in [-0.1, -0.05) is 54.6 Å². The van der Waals surface area contributed by atoms with E-state index in [2.05, 4.69) is 0 Å². The highest BCUT2D eigenvalue weighted by Crippen LogP contribution is 2.21. The third-order valence-electron chi connectivity index (χ3n) is 2.12. The molecule has 0 bridgehead atoms. The van der Waals surface area contributed by atoms with Gasteiger partial charge in [0.1, 0.15) is 0 Å². The predicted molar refractivity (Wildman–Crippen MR) is 56.7 cm³/mol. The quantitative estimate of drug-likeness (QED) is 0.696. The van der Waals surface area contributed by atoms with Crippen molar-refractivity contribution in [2.24, 2.45) is 0 Å². The summed E-state index contributed by atoms with van der Waals surface area (Å²) in [6, 6.07) is 17.3. The highest BCUT2D eigenvalue weighted by Gasteiger charge is 2.02. The van der Waals surface area contributed by atoms with E-state index >= 15 is 0 Å². The lowest BCUT2D eigenvalue weighted by Crippen LogP contribution is -1.86. The lowest BCUT2D eigenvalue weighted by Gasteiger charge is -2.02. The van der Waals surface area contributed by atoms with Gasteiger partial charge >= 0.3 is 0 Å². The van der Waals surface area contributed by atoms with Gasteiger partial charge in [0.25, 0.3) is 0 Å². The minimum atomic E-state index is 0.610. The number of rotatable bonds is 2. The van der Waals surface area contributed by atoms with Gasteiger partial charge in [0.05, 0.1) is 0 Å². The van der Waals surface area contributed by atoms with Gasteiger partial charge in [0, 0.05) is 5.56 Å². The molecule has 0 amide bonds. The molecule has 2 aromatic carbocycles. The maximum atomic E-state index is 10.7. The molecule has 0 heterocycles.